The Bertz CT molecular complexity index is 1280. The summed E-state index contributed by atoms with van der Waals surface area (Å²) in [4.78, 5) is 25.2. The highest BCUT2D eigenvalue weighted by molar-refractivity contribution is 7.92. The fourth-order valence-corrected chi connectivity index (χ4v) is 4.98. The molecule has 35 heavy (non-hydrogen) atoms. The van der Waals surface area contributed by atoms with Gasteiger partial charge in [-0.2, -0.15) is 0 Å². The minimum absolute atomic E-state index is 0.0393. The number of carbonyl (C=O) groups excluding carboxylic acids is 2. The number of carbonyl (C=O) groups is 2. The highest BCUT2D eigenvalue weighted by atomic mass is 32.2. The van der Waals surface area contributed by atoms with Crippen LogP contribution in [0.3, 0.4) is 0 Å². The molecule has 0 saturated heterocycles. The first-order valence-corrected chi connectivity index (χ1v) is 12.6. The first-order valence-electron chi connectivity index (χ1n) is 11.2. The first kappa shape index (κ1) is 26.2. The molecule has 0 unspecified atom stereocenters. The highest BCUT2D eigenvalue weighted by Crippen LogP contribution is 2.22. The van der Waals surface area contributed by atoms with Gasteiger partial charge in [0.2, 0.25) is 5.78 Å². The van der Waals surface area contributed by atoms with Crippen LogP contribution >= 0.6 is 0 Å². The van der Waals surface area contributed by atoms with Gasteiger partial charge >= 0.3 is 5.97 Å². The number of para-hydroxylation sites is 1. The normalized spacial score (nSPS) is 11.3. The maximum absolute atomic E-state index is 12.9. The summed E-state index contributed by atoms with van der Waals surface area (Å²) >= 11 is 0. The van der Waals surface area contributed by atoms with E-state index in [9.17, 15) is 18.0 Å². The van der Waals surface area contributed by atoms with E-state index in [2.05, 4.69) is 0 Å². The number of rotatable bonds is 11. The number of Topliss-reactive ketones (excluding diaryl/α,β-unsaturated/α-hetero) is 1. The summed E-state index contributed by atoms with van der Waals surface area (Å²) in [6.45, 7) is 4.74. The average molecular weight is 499 g/mol. The second-order valence-corrected chi connectivity index (χ2v) is 10.1. The zero-order chi connectivity index (χ0) is 25.6. The van der Waals surface area contributed by atoms with Crippen molar-refractivity contribution in [1.29, 1.82) is 0 Å². The molecule has 0 bridgehead atoms. The molecule has 3 aromatic rings. The summed E-state index contributed by atoms with van der Waals surface area (Å²) < 4.78 is 39.3. The van der Waals surface area contributed by atoms with E-state index in [1.165, 1.54) is 35.6 Å². The molecule has 0 aliphatic rings. The van der Waals surface area contributed by atoms with Crippen LogP contribution in [0.2, 0.25) is 0 Å². The molecular formula is C26H30N2O6S. The van der Waals surface area contributed by atoms with E-state index in [1.54, 1.807) is 43.5 Å². The Labute approximate surface area is 206 Å². The molecule has 0 aliphatic carbocycles. The zero-order valence-corrected chi connectivity index (χ0v) is 21.2. The number of aryl methyl sites for hydroxylation is 1. The van der Waals surface area contributed by atoms with Crippen molar-refractivity contribution in [3.05, 3.63) is 83.2 Å². The van der Waals surface area contributed by atoms with Gasteiger partial charge in [-0.15, -0.1) is 0 Å². The van der Waals surface area contributed by atoms with Gasteiger partial charge in [0.05, 0.1) is 16.1 Å². The molecule has 0 aliphatic heterocycles. The van der Waals surface area contributed by atoms with E-state index in [0.29, 0.717) is 17.9 Å². The molecule has 186 valence electrons. The maximum Gasteiger partial charge on any atom is 0.338 e. The number of benzene rings is 2. The molecule has 3 rings (SSSR count). The minimum atomic E-state index is -3.79. The van der Waals surface area contributed by atoms with Crippen LogP contribution < -0.4 is 4.31 Å². The van der Waals surface area contributed by atoms with Gasteiger partial charge in [0.15, 0.2) is 6.61 Å². The number of aromatic nitrogens is 1. The predicted octanol–water partition coefficient (Wildman–Crippen LogP) is 4.01. The Balaban J connectivity index is 1.64. The summed E-state index contributed by atoms with van der Waals surface area (Å²) in [6.07, 6.45) is 0.822. The lowest BCUT2D eigenvalue weighted by atomic mass is 10.1. The molecule has 0 spiro atoms. The SMILES string of the molecule is COCCCn1c(C)cc(C(=O)COC(=O)c2ccc(S(=O)(=O)N(C)c3ccccc3)cc2)c1C. The topological polar surface area (TPSA) is 94.9 Å². The van der Waals surface area contributed by atoms with Crippen molar-refractivity contribution < 1.29 is 27.5 Å². The Morgan fingerprint density at radius 3 is 2.29 bits per heavy atom. The van der Waals surface area contributed by atoms with Crippen molar-refractivity contribution in [2.75, 3.05) is 31.7 Å². The van der Waals surface area contributed by atoms with Crippen molar-refractivity contribution in [3.8, 4) is 0 Å². The Morgan fingerprint density at radius 2 is 1.66 bits per heavy atom. The molecule has 0 radical (unpaired) electrons. The van der Waals surface area contributed by atoms with Gasteiger partial charge in [-0.1, -0.05) is 18.2 Å². The van der Waals surface area contributed by atoms with Crippen LogP contribution in [-0.2, 0) is 26.0 Å². The molecule has 9 heteroatoms. The molecule has 8 nitrogen and oxygen atoms in total. The summed E-state index contributed by atoms with van der Waals surface area (Å²) in [5.41, 5.74) is 2.96. The molecule has 1 aromatic heterocycles. The van der Waals surface area contributed by atoms with E-state index >= 15 is 0 Å². The molecule has 0 N–H and O–H groups in total. The Morgan fingerprint density at radius 1 is 1.00 bits per heavy atom. The highest BCUT2D eigenvalue weighted by Gasteiger charge is 2.22. The number of nitrogens with zero attached hydrogens (tertiary/aromatic N) is 2. The second kappa shape index (κ2) is 11.3. The van der Waals surface area contributed by atoms with Gasteiger partial charge in [-0.3, -0.25) is 9.10 Å². The van der Waals surface area contributed by atoms with E-state index in [-0.39, 0.29) is 16.2 Å². The van der Waals surface area contributed by atoms with Gasteiger partial charge in [0, 0.05) is 44.3 Å². The lowest BCUT2D eigenvalue weighted by molar-refractivity contribution is 0.0474. The van der Waals surface area contributed by atoms with Crippen LogP contribution in [0.25, 0.3) is 0 Å². The summed E-state index contributed by atoms with van der Waals surface area (Å²) in [5.74, 6) is -0.999. The zero-order valence-electron chi connectivity index (χ0n) is 20.4. The number of hydrogen-bond donors (Lipinski definition) is 0. The van der Waals surface area contributed by atoms with Gasteiger partial charge in [-0.05, 0) is 62.7 Å². The van der Waals surface area contributed by atoms with Crippen molar-refractivity contribution in [2.45, 2.75) is 31.7 Å². The molecule has 2 aromatic carbocycles. The summed E-state index contributed by atoms with van der Waals surface area (Å²) in [7, 11) is -0.682. The first-order chi connectivity index (χ1) is 16.7. The van der Waals surface area contributed by atoms with Gasteiger partial charge in [0.1, 0.15) is 0 Å². The van der Waals surface area contributed by atoms with Crippen LogP contribution in [0, 0.1) is 13.8 Å². The fraction of sp³-hybridized carbons (Fsp3) is 0.308. The third-order valence-electron chi connectivity index (χ3n) is 5.81. The van der Waals surface area contributed by atoms with Crippen molar-refractivity contribution >= 4 is 27.5 Å². The van der Waals surface area contributed by atoms with Crippen molar-refractivity contribution in [1.82, 2.24) is 4.57 Å². The number of methoxy groups -OCH3 is 1. The van der Waals surface area contributed by atoms with Crippen LogP contribution in [0.5, 0.6) is 0 Å². The number of ketones is 1. The third kappa shape index (κ3) is 5.98. The number of hydrogen-bond acceptors (Lipinski definition) is 6. The van der Waals surface area contributed by atoms with Crippen LogP contribution in [0.15, 0.2) is 65.6 Å². The van der Waals surface area contributed by atoms with E-state index < -0.39 is 22.6 Å². The Kier molecular flexibility index (Phi) is 8.48. The van der Waals surface area contributed by atoms with Gasteiger partial charge in [0.25, 0.3) is 10.0 Å². The summed E-state index contributed by atoms with van der Waals surface area (Å²) in [5, 5.41) is 0. The molecule has 1 heterocycles. The minimum Gasteiger partial charge on any atom is -0.454 e. The Hall–Kier alpha value is -3.43. The number of sulfonamides is 1. The average Bonchev–Trinajstić information content (AvgIpc) is 3.15. The van der Waals surface area contributed by atoms with Crippen LogP contribution in [0.1, 0.15) is 38.5 Å². The predicted molar refractivity (Wildman–Crippen MR) is 133 cm³/mol. The smallest absolute Gasteiger partial charge is 0.338 e. The second-order valence-electron chi connectivity index (χ2n) is 8.11. The quantitative estimate of drug-likeness (QED) is 0.225. The molecular weight excluding hydrogens is 468 g/mol. The third-order valence-corrected chi connectivity index (χ3v) is 7.61. The van der Waals surface area contributed by atoms with Crippen molar-refractivity contribution in [3.63, 3.8) is 0 Å². The molecule has 0 saturated carbocycles. The summed E-state index contributed by atoms with van der Waals surface area (Å²) in [6, 6.07) is 15.9. The largest absolute Gasteiger partial charge is 0.454 e. The standard InChI is InChI=1S/C26H30N2O6S/c1-19-17-24(20(2)28(19)15-8-16-33-4)25(29)18-34-26(30)21-11-13-23(14-12-21)35(31,32)27(3)22-9-6-5-7-10-22/h5-7,9-14,17H,8,15-16,18H2,1-4H3. The van der Waals surface area contributed by atoms with E-state index in [1.807, 2.05) is 18.4 Å². The molecule has 0 fully saturated rings. The lowest BCUT2D eigenvalue weighted by Crippen LogP contribution is -2.26. The maximum atomic E-state index is 12.9. The van der Waals surface area contributed by atoms with Crippen molar-refractivity contribution in [2.24, 2.45) is 0 Å². The monoisotopic (exact) mass is 498 g/mol. The fourth-order valence-electron chi connectivity index (χ4n) is 3.78. The van der Waals surface area contributed by atoms with Crippen LogP contribution in [0.4, 0.5) is 5.69 Å². The van der Waals surface area contributed by atoms with Gasteiger partial charge < -0.3 is 14.0 Å². The number of esters is 1. The lowest BCUT2D eigenvalue weighted by Gasteiger charge is -2.19. The number of ether oxygens (including phenoxy) is 2. The molecule has 0 atom stereocenters. The van der Waals surface area contributed by atoms with E-state index in [0.717, 1.165) is 24.4 Å². The van der Waals surface area contributed by atoms with Gasteiger partial charge in [-0.25, -0.2) is 13.2 Å². The van der Waals surface area contributed by atoms with E-state index in [4.69, 9.17) is 9.47 Å². The molecule has 0 amide bonds. The number of anilines is 1. The van der Waals surface area contributed by atoms with Crippen LogP contribution in [-0.4, -0.2) is 52.1 Å².